The quantitative estimate of drug-likeness (QED) is 0.720. The molecule has 3 nitrogen and oxygen atoms in total. The number of aliphatic carboxylic acids is 1. The van der Waals surface area contributed by atoms with E-state index in [4.69, 9.17) is 5.11 Å². The number of piperidine rings is 1. The van der Waals surface area contributed by atoms with Crippen LogP contribution in [0.1, 0.15) is 32.6 Å². The first-order chi connectivity index (χ1) is 6.66. The molecule has 2 aliphatic rings. The summed E-state index contributed by atoms with van der Waals surface area (Å²) in [7, 11) is 0. The van der Waals surface area contributed by atoms with Crippen molar-refractivity contribution < 1.29 is 9.90 Å². The number of hydrogen-bond acceptors (Lipinski definition) is 2. The molecule has 80 valence electrons. The summed E-state index contributed by atoms with van der Waals surface area (Å²) in [6.07, 6.45) is 4.53. The van der Waals surface area contributed by atoms with Gasteiger partial charge in [0.1, 0.15) is 0 Å². The Morgan fingerprint density at radius 1 is 1.50 bits per heavy atom. The fraction of sp³-hybridized carbons (Fsp3) is 0.909. The molecule has 2 fully saturated rings. The predicted molar refractivity (Wildman–Crippen MR) is 54.0 cm³/mol. The molecule has 0 spiro atoms. The van der Waals surface area contributed by atoms with E-state index in [2.05, 4.69) is 12.2 Å². The minimum atomic E-state index is -0.616. The monoisotopic (exact) mass is 197 g/mol. The van der Waals surface area contributed by atoms with Gasteiger partial charge in [-0.05, 0) is 31.2 Å². The van der Waals surface area contributed by atoms with Crippen LogP contribution in [0.25, 0.3) is 0 Å². The molecule has 1 aliphatic heterocycles. The van der Waals surface area contributed by atoms with Crippen LogP contribution >= 0.6 is 0 Å². The Labute approximate surface area is 84.9 Å². The zero-order valence-electron chi connectivity index (χ0n) is 8.70. The molecule has 0 radical (unpaired) electrons. The Bertz CT molecular complexity index is 225. The lowest BCUT2D eigenvalue weighted by molar-refractivity contribution is -0.144. The van der Waals surface area contributed by atoms with E-state index in [1.165, 1.54) is 12.8 Å². The molecule has 3 heteroatoms. The van der Waals surface area contributed by atoms with Crippen LogP contribution in [-0.2, 0) is 4.79 Å². The molecule has 3 atom stereocenters. The van der Waals surface area contributed by atoms with Gasteiger partial charge < -0.3 is 10.4 Å². The van der Waals surface area contributed by atoms with Crippen LogP contribution in [0.4, 0.5) is 0 Å². The summed E-state index contributed by atoms with van der Waals surface area (Å²) in [4.78, 5) is 11.1. The highest BCUT2D eigenvalue weighted by Gasteiger charge is 2.36. The van der Waals surface area contributed by atoms with E-state index in [-0.39, 0.29) is 12.0 Å². The number of rotatable bonds is 3. The molecule has 0 aromatic carbocycles. The van der Waals surface area contributed by atoms with E-state index in [9.17, 15) is 4.79 Å². The van der Waals surface area contributed by atoms with Crippen LogP contribution in [0.5, 0.6) is 0 Å². The van der Waals surface area contributed by atoms with Gasteiger partial charge in [0.2, 0.25) is 0 Å². The number of carboxylic acids is 1. The van der Waals surface area contributed by atoms with Crippen molar-refractivity contribution >= 4 is 5.97 Å². The molecule has 2 N–H and O–H groups in total. The second-order valence-electron chi connectivity index (χ2n) is 4.98. The zero-order valence-corrected chi connectivity index (χ0v) is 8.70. The first-order valence-corrected chi connectivity index (χ1v) is 5.63. The Kier molecular flexibility index (Phi) is 2.77. The minimum absolute atomic E-state index is 0.153. The Morgan fingerprint density at radius 2 is 2.21 bits per heavy atom. The van der Waals surface area contributed by atoms with Crippen LogP contribution in [0.2, 0.25) is 0 Å². The molecule has 1 aliphatic carbocycles. The maximum absolute atomic E-state index is 11.1. The van der Waals surface area contributed by atoms with Crippen molar-refractivity contribution in [2.24, 2.45) is 17.8 Å². The summed E-state index contributed by atoms with van der Waals surface area (Å²) >= 11 is 0. The minimum Gasteiger partial charge on any atom is -0.481 e. The van der Waals surface area contributed by atoms with E-state index in [1.54, 1.807) is 0 Å². The Hall–Kier alpha value is -0.570. The standard InChI is InChI=1S/C11H19NO2/c1-7-4-9(11(13)14)10(12-6-7)5-8-2-3-8/h7-10,12H,2-6H2,1H3,(H,13,14). The van der Waals surface area contributed by atoms with E-state index >= 15 is 0 Å². The molecule has 0 aromatic rings. The number of carbonyl (C=O) groups is 1. The summed E-state index contributed by atoms with van der Waals surface area (Å²) in [5.41, 5.74) is 0. The SMILES string of the molecule is CC1CNC(CC2CC2)C(C(=O)O)C1. The van der Waals surface area contributed by atoms with E-state index in [0.717, 1.165) is 25.3 Å². The van der Waals surface area contributed by atoms with Crippen LogP contribution < -0.4 is 5.32 Å². The van der Waals surface area contributed by atoms with Crippen LogP contribution in [0.15, 0.2) is 0 Å². The van der Waals surface area contributed by atoms with Gasteiger partial charge in [0, 0.05) is 6.04 Å². The van der Waals surface area contributed by atoms with Crippen molar-refractivity contribution in [1.29, 1.82) is 0 Å². The van der Waals surface area contributed by atoms with E-state index in [1.807, 2.05) is 0 Å². The van der Waals surface area contributed by atoms with Gasteiger partial charge in [-0.3, -0.25) is 4.79 Å². The zero-order chi connectivity index (χ0) is 10.1. The normalized spacial score (nSPS) is 38.2. The average molecular weight is 197 g/mol. The maximum Gasteiger partial charge on any atom is 0.308 e. The van der Waals surface area contributed by atoms with Crippen LogP contribution in [0.3, 0.4) is 0 Å². The highest BCUT2D eigenvalue weighted by molar-refractivity contribution is 5.71. The highest BCUT2D eigenvalue weighted by atomic mass is 16.4. The average Bonchev–Trinajstić information content (AvgIpc) is 2.91. The van der Waals surface area contributed by atoms with Gasteiger partial charge in [-0.1, -0.05) is 19.8 Å². The molecule has 3 unspecified atom stereocenters. The summed E-state index contributed by atoms with van der Waals surface area (Å²) in [6.45, 7) is 3.11. The molecule has 0 bridgehead atoms. The number of carboxylic acid groups (broad SMARTS) is 1. The van der Waals surface area contributed by atoms with Gasteiger partial charge in [-0.15, -0.1) is 0 Å². The van der Waals surface area contributed by atoms with E-state index in [0.29, 0.717) is 5.92 Å². The van der Waals surface area contributed by atoms with Crippen molar-refractivity contribution in [3.8, 4) is 0 Å². The first kappa shape index (κ1) is 9.97. The Morgan fingerprint density at radius 3 is 2.79 bits per heavy atom. The molecule has 14 heavy (non-hydrogen) atoms. The van der Waals surface area contributed by atoms with Crippen LogP contribution in [0, 0.1) is 17.8 Å². The van der Waals surface area contributed by atoms with Gasteiger partial charge in [0.25, 0.3) is 0 Å². The van der Waals surface area contributed by atoms with Crippen molar-refractivity contribution in [3.05, 3.63) is 0 Å². The summed E-state index contributed by atoms with van der Waals surface area (Å²) in [6, 6.07) is 0.233. The molecular formula is C11H19NO2. The summed E-state index contributed by atoms with van der Waals surface area (Å²) in [5, 5.41) is 12.5. The highest BCUT2D eigenvalue weighted by Crippen LogP contribution is 2.36. The lowest BCUT2D eigenvalue weighted by Gasteiger charge is -2.33. The number of nitrogens with one attached hydrogen (secondary N) is 1. The first-order valence-electron chi connectivity index (χ1n) is 5.63. The molecule has 1 saturated carbocycles. The molecular weight excluding hydrogens is 178 g/mol. The largest absolute Gasteiger partial charge is 0.481 e. The third kappa shape index (κ3) is 2.27. The fourth-order valence-corrected chi connectivity index (χ4v) is 2.41. The maximum atomic E-state index is 11.1. The van der Waals surface area contributed by atoms with Crippen molar-refractivity contribution in [1.82, 2.24) is 5.32 Å². The Balaban J connectivity index is 1.93. The summed E-state index contributed by atoms with van der Waals surface area (Å²) in [5.74, 6) is 0.545. The van der Waals surface area contributed by atoms with Crippen molar-refractivity contribution in [3.63, 3.8) is 0 Å². The lowest BCUT2D eigenvalue weighted by atomic mass is 9.83. The second-order valence-corrected chi connectivity index (χ2v) is 4.98. The van der Waals surface area contributed by atoms with Gasteiger partial charge in [-0.2, -0.15) is 0 Å². The molecule has 0 amide bonds. The molecule has 1 heterocycles. The number of hydrogen-bond donors (Lipinski definition) is 2. The molecule has 0 aromatic heterocycles. The third-order valence-corrected chi connectivity index (χ3v) is 3.47. The predicted octanol–water partition coefficient (Wildman–Crippen LogP) is 1.49. The molecule has 2 rings (SSSR count). The third-order valence-electron chi connectivity index (χ3n) is 3.47. The van der Waals surface area contributed by atoms with Gasteiger partial charge >= 0.3 is 5.97 Å². The van der Waals surface area contributed by atoms with Gasteiger partial charge in [0.05, 0.1) is 5.92 Å². The smallest absolute Gasteiger partial charge is 0.308 e. The fourth-order valence-electron chi connectivity index (χ4n) is 2.41. The topological polar surface area (TPSA) is 49.3 Å². The lowest BCUT2D eigenvalue weighted by Crippen LogP contribution is -2.48. The van der Waals surface area contributed by atoms with E-state index < -0.39 is 5.97 Å². The van der Waals surface area contributed by atoms with Crippen molar-refractivity contribution in [2.45, 2.75) is 38.6 Å². The van der Waals surface area contributed by atoms with Gasteiger partial charge in [0.15, 0.2) is 0 Å². The molecule has 1 saturated heterocycles. The second kappa shape index (κ2) is 3.89. The van der Waals surface area contributed by atoms with Crippen LogP contribution in [-0.4, -0.2) is 23.7 Å². The van der Waals surface area contributed by atoms with Gasteiger partial charge in [-0.25, -0.2) is 0 Å². The summed E-state index contributed by atoms with van der Waals surface area (Å²) < 4.78 is 0. The van der Waals surface area contributed by atoms with Crippen molar-refractivity contribution in [2.75, 3.05) is 6.54 Å².